The first-order valence-electron chi connectivity index (χ1n) is 13.1. The third kappa shape index (κ3) is 3.19. The van der Waals surface area contributed by atoms with Crippen molar-refractivity contribution in [1.29, 1.82) is 0 Å². The fraction of sp³-hybridized carbons (Fsp3) is 0.0270. The zero-order chi connectivity index (χ0) is 25.2. The Balaban J connectivity index is 1.45. The Morgan fingerprint density at radius 2 is 1.03 bits per heavy atom. The molecule has 0 unspecified atom stereocenters. The monoisotopic (exact) mass is 500 g/mol. The predicted octanol–water partition coefficient (Wildman–Crippen LogP) is 10.9. The molecule has 1 aliphatic rings. The number of benzene rings is 7. The molecule has 1 heterocycles. The van der Waals surface area contributed by atoms with Crippen LogP contribution in [0.2, 0.25) is 0 Å². The molecule has 0 N–H and O–H groups in total. The first-order valence-corrected chi connectivity index (χ1v) is 13.9. The van der Waals surface area contributed by atoms with Crippen molar-refractivity contribution in [2.75, 3.05) is 0 Å². The second kappa shape index (κ2) is 8.34. The fourth-order valence-corrected chi connectivity index (χ4v) is 7.32. The molecular formula is C37H24S. The fourth-order valence-electron chi connectivity index (χ4n) is 6.19. The first kappa shape index (κ1) is 21.7. The van der Waals surface area contributed by atoms with Crippen LogP contribution in [-0.4, -0.2) is 0 Å². The molecule has 38 heavy (non-hydrogen) atoms. The lowest BCUT2D eigenvalue weighted by atomic mass is 9.85. The Hall–Kier alpha value is -4.33. The van der Waals surface area contributed by atoms with Crippen LogP contribution in [0.1, 0.15) is 5.56 Å². The van der Waals surface area contributed by atoms with Gasteiger partial charge in [-0.25, -0.2) is 0 Å². The molecule has 0 bridgehead atoms. The summed E-state index contributed by atoms with van der Waals surface area (Å²) >= 11 is 1.89. The minimum atomic E-state index is 1.26. The van der Waals surface area contributed by atoms with E-state index in [2.05, 4.69) is 134 Å². The summed E-state index contributed by atoms with van der Waals surface area (Å²) in [5.41, 5.74) is 9.09. The molecule has 7 aromatic carbocycles. The first-order chi connectivity index (χ1) is 18.8. The van der Waals surface area contributed by atoms with E-state index in [4.69, 9.17) is 0 Å². The molecule has 1 heteroatoms. The summed E-state index contributed by atoms with van der Waals surface area (Å²) in [5.74, 6) is 0. The zero-order valence-corrected chi connectivity index (χ0v) is 21.8. The normalized spacial score (nSPS) is 12.2. The Morgan fingerprint density at radius 3 is 1.68 bits per heavy atom. The molecular weight excluding hydrogens is 476 g/mol. The highest BCUT2D eigenvalue weighted by Gasteiger charge is 2.21. The Kier molecular flexibility index (Phi) is 4.77. The van der Waals surface area contributed by atoms with Crippen molar-refractivity contribution in [3.8, 4) is 33.4 Å². The van der Waals surface area contributed by atoms with Gasteiger partial charge in [-0.2, -0.15) is 0 Å². The maximum atomic E-state index is 2.42. The van der Waals surface area contributed by atoms with Crippen molar-refractivity contribution < 1.29 is 0 Å². The number of aryl methyl sites for hydroxylation is 1. The van der Waals surface area contributed by atoms with Gasteiger partial charge in [0.15, 0.2) is 0 Å². The quantitative estimate of drug-likeness (QED) is 0.213. The lowest BCUT2D eigenvalue weighted by Gasteiger charge is -2.22. The van der Waals surface area contributed by atoms with Crippen LogP contribution >= 0.6 is 11.8 Å². The lowest BCUT2D eigenvalue weighted by Crippen LogP contribution is -1.95. The van der Waals surface area contributed by atoms with Crippen molar-refractivity contribution in [3.05, 3.63) is 133 Å². The minimum absolute atomic E-state index is 1.26. The highest BCUT2D eigenvalue weighted by Crippen LogP contribution is 2.50. The predicted molar refractivity (Wildman–Crippen MR) is 164 cm³/mol. The molecule has 1 aliphatic heterocycles. The summed E-state index contributed by atoms with van der Waals surface area (Å²) in [6.07, 6.45) is 0. The van der Waals surface area contributed by atoms with Crippen molar-refractivity contribution in [2.45, 2.75) is 16.7 Å². The van der Waals surface area contributed by atoms with Crippen LogP contribution in [0, 0.1) is 6.92 Å². The average molecular weight is 501 g/mol. The van der Waals surface area contributed by atoms with Crippen LogP contribution in [-0.2, 0) is 0 Å². The molecule has 0 amide bonds. The molecule has 0 spiro atoms. The summed E-state index contributed by atoms with van der Waals surface area (Å²) in [5, 5.41) is 7.86. The van der Waals surface area contributed by atoms with E-state index in [9.17, 15) is 0 Å². The second-order valence-corrected chi connectivity index (χ2v) is 11.3. The Bertz CT molecular complexity index is 1990. The smallest absolute Gasteiger partial charge is 0.0207 e. The van der Waals surface area contributed by atoms with Crippen molar-refractivity contribution in [3.63, 3.8) is 0 Å². The lowest BCUT2D eigenvalue weighted by molar-refractivity contribution is 1.40. The number of rotatable bonds is 2. The van der Waals surface area contributed by atoms with Crippen molar-refractivity contribution in [1.82, 2.24) is 0 Å². The van der Waals surface area contributed by atoms with Crippen LogP contribution in [0.15, 0.2) is 137 Å². The summed E-state index contributed by atoms with van der Waals surface area (Å²) in [6.45, 7) is 2.15. The van der Waals surface area contributed by atoms with Crippen molar-refractivity contribution in [2.24, 2.45) is 0 Å². The van der Waals surface area contributed by atoms with Crippen LogP contribution in [0.3, 0.4) is 0 Å². The highest BCUT2D eigenvalue weighted by molar-refractivity contribution is 7.99. The van der Waals surface area contributed by atoms with Crippen molar-refractivity contribution >= 4 is 44.1 Å². The number of fused-ring (bicyclic) bond motifs is 4. The maximum absolute atomic E-state index is 2.42. The zero-order valence-electron chi connectivity index (χ0n) is 21.0. The van der Waals surface area contributed by atoms with Gasteiger partial charge in [-0.1, -0.05) is 127 Å². The maximum Gasteiger partial charge on any atom is 0.0207 e. The van der Waals surface area contributed by atoms with Gasteiger partial charge in [0.1, 0.15) is 0 Å². The third-order valence-corrected chi connectivity index (χ3v) is 9.05. The molecule has 0 fully saturated rings. The molecule has 0 aliphatic carbocycles. The molecule has 0 radical (unpaired) electrons. The Labute approximate surface area is 226 Å². The van der Waals surface area contributed by atoms with Gasteiger partial charge in [0.05, 0.1) is 0 Å². The van der Waals surface area contributed by atoms with Gasteiger partial charge in [0.2, 0.25) is 0 Å². The summed E-state index contributed by atoms with van der Waals surface area (Å²) in [4.78, 5) is 2.67. The van der Waals surface area contributed by atoms with Gasteiger partial charge < -0.3 is 0 Å². The van der Waals surface area contributed by atoms with E-state index in [-0.39, 0.29) is 0 Å². The van der Waals surface area contributed by atoms with E-state index >= 15 is 0 Å². The van der Waals surface area contributed by atoms with E-state index < -0.39 is 0 Å². The largest absolute Gasteiger partial charge is 0.0888 e. The average Bonchev–Trinajstić information content (AvgIpc) is 2.97. The van der Waals surface area contributed by atoms with E-state index in [1.807, 2.05) is 11.8 Å². The third-order valence-electron chi connectivity index (χ3n) is 7.92. The summed E-state index contributed by atoms with van der Waals surface area (Å²) < 4.78 is 0. The van der Waals surface area contributed by atoms with E-state index in [1.165, 1.54) is 81.1 Å². The van der Waals surface area contributed by atoms with Gasteiger partial charge in [0.25, 0.3) is 0 Å². The molecule has 8 rings (SSSR count). The van der Waals surface area contributed by atoms with E-state index in [0.717, 1.165) is 0 Å². The SMILES string of the molecule is Cc1ccc(-c2c3ccccc3c(-c3ccc4c(c3)-c3cccc5cccc(c35)S4)c3ccccc23)cc1. The van der Waals surface area contributed by atoms with Gasteiger partial charge in [-0.05, 0) is 85.4 Å². The molecule has 0 saturated heterocycles. The van der Waals surface area contributed by atoms with Gasteiger partial charge in [-0.3, -0.25) is 0 Å². The second-order valence-electron chi connectivity index (χ2n) is 10.2. The minimum Gasteiger partial charge on any atom is -0.0888 e. The van der Waals surface area contributed by atoms with Gasteiger partial charge >= 0.3 is 0 Å². The summed E-state index contributed by atoms with van der Waals surface area (Å²) in [6, 6.07) is 47.2. The summed E-state index contributed by atoms with van der Waals surface area (Å²) in [7, 11) is 0. The highest BCUT2D eigenvalue weighted by atomic mass is 32.2. The molecule has 0 atom stereocenters. The standard InChI is InChI=1S/C37H24S/c1-23-16-18-25(19-17-23)35-27-10-2-4-12-29(27)36(30-13-5-3-11-28(30)35)26-20-21-33-32(22-26)31-14-6-8-24-9-7-15-34(38-33)37(24)31/h2-22H,1H3. The number of hydrogen-bond acceptors (Lipinski definition) is 1. The van der Waals surface area contributed by atoms with Crippen LogP contribution in [0.25, 0.3) is 65.7 Å². The molecule has 7 aromatic rings. The van der Waals surface area contributed by atoms with Crippen LogP contribution in [0.5, 0.6) is 0 Å². The van der Waals surface area contributed by atoms with Gasteiger partial charge in [-0.15, -0.1) is 0 Å². The topological polar surface area (TPSA) is 0 Å². The van der Waals surface area contributed by atoms with Crippen LogP contribution in [0.4, 0.5) is 0 Å². The van der Waals surface area contributed by atoms with Gasteiger partial charge in [0, 0.05) is 15.2 Å². The van der Waals surface area contributed by atoms with Crippen LogP contribution < -0.4 is 0 Å². The molecule has 0 saturated carbocycles. The molecule has 0 aromatic heterocycles. The number of hydrogen-bond donors (Lipinski definition) is 0. The molecule has 0 nitrogen and oxygen atoms in total. The Morgan fingerprint density at radius 1 is 0.447 bits per heavy atom. The van der Waals surface area contributed by atoms with E-state index in [1.54, 1.807) is 0 Å². The molecule has 178 valence electrons. The van der Waals surface area contributed by atoms with E-state index in [0.29, 0.717) is 0 Å².